The third-order valence-corrected chi connectivity index (χ3v) is 8.13. The van der Waals surface area contributed by atoms with E-state index < -0.39 is 5.97 Å². The Morgan fingerprint density at radius 2 is 2.05 bits per heavy atom. The molecule has 0 bridgehead atoms. The molecule has 1 atom stereocenters. The number of benzene rings is 2. The van der Waals surface area contributed by atoms with E-state index in [9.17, 15) is 9.90 Å². The maximum Gasteiger partial charge on any atom is 0.342 e. The van der Waals surface area contributed by atoms with Crippen molar-refractivity contribution >= 4 is 5.97 Å². The standard InChI is InChI=1S/C33H35FN4O5/c1-21-7-5-9-25(29-10-6-11-30(36-29)38-32(41-2)26(17-35-38)33(39)40)31(21)43-20-22-15-23-12-13-37(19-27(23)28(34)16-22)18-24-8-3-4-14-42-24/h5-7,9-11,15-17,24H,3-4,8,12-14,18-20H2,1-2H3,(H,39,40)/t24-/m1/s1. The summed E-state index contributed by atoms with van der Waals surface area (Å²) in [6.45, 7) is 5.32. The van der Waals surface area contributed by atoms with Gasteiger partial charge in [-0.25, -0.2) is 14.2 Å². The van der Waals surface area contributed by atoms with E-state index in [2.05, 4.69) is 16.1 Å². The lowest BCUT2D eigenvalue weighted by Crippen LogP contribution is -2.39. The van der Waals surface area contributed by atoms with Gasteiger partial charge in [-0.3, -0.25) is 4.90 Å². The number of para-hydroxylation sites is 1. The highest BCUT2D eigenvalue weighted by Gasteiger charge is 2.25. The highest BCUT2D eigenvalue weighted by atomic mass is 19.1. The number of hydrogen-bond donors (Lipinski definition) is 1. The van der Waals surface area contributed by atoms with Crippen LogP contribution < -0.4 is 9.47 Å². The average Bonchev–Trinajstić information content (AvgIpc) is 3.46. The summed E-state index contributed by atoms with van der Waals surface area (Å²) in [5.41, 5.74) is 4.80. The zero-order valence-corrected chi connectivity index (χ0v) is 24.4. The number of fused-ring (bicyclic) bond motifs is 1. The molecule has 2 aliphatic heterocycles. The maximum absolute atomic E-state index is 15.4. The molecule has 4 heterocycles. The molecule has 2 aromatic heterocycles. The molecule has 4 aromatic rings. The van der Waals surface area contributed by atoms with Crippen molar-refractivity contribution in [3.8, 4) is 28.7 Å². The van der Waals surface area contributed by atoms with Crippen LogP contribution in [0.25, 0.3) is 17.1 Å². The SMILES string of the molecule is COc1c(C(=O)O)cnn1-c1cccc(-c2cccc(C)c2OCc2cc(F)c3c(c2)CCN(C[C@H]2CCCCO2)C3)n1. The predicted molar refractivity (Wildman–Crippen MR) is 158 cm³/mol. The van der Waals surface area contributed by atoms with Gasteiger partial charge in [-0.2, -0.15) is 9.78 Å². The smallest absolute Gasteiger partial charge is 0.342 e. The third-order valence-electron chi connectivity index (χ3n) is 8.13. The molecule has 0 unspecified atom stereocenters. The molecule has 9 nitrogen and oxygen atoms in total. The number of carboxylic acid groups (broad SMARTS) is 1. The minimum atomic E-state index is -1.14. The van der Waals surface area contributed by atoms with Crippen LogP contribution >= 0.6 is 0 Å². The Hall–Kier alpha value is -4.28. The van der Waals surface area contributed by atoms with Crippen molar-refractivity contribution < 1.29 is 28.5 Å². The summed E-state index contributed by atoms with van der Waals surface area (Å²) in [6, 6.07) is 14.8. The monoisotopic (exact) mass is 586 g/mol. The molecule has 2 aromatic carbocycles. The zero-order valence-electron chi connectivity index (χ0n) is 24.4. The van der Waals surface area contributed by atoms with Crippen molar-refractivity contribution in [3.63, 3.8) is 0 Å². The number of aromatic nitrogens is 3. The minimum absolute atomic E-state index is 0.0579. The molecule has 1 saturated heterocycles. The molecule has 1 fully saturated rings. The number of ether oxygens (including phenoxy) is 3. The quantitative estimate of drug-likeness (QED) is 0.271. The maximum atomic E-state index is 15.4. The normalized spacial score (nSPS) is 17.0. The van der Waals surface area contributed by atoms with Crippen LogP contribution in [-0.2, 0) is 24.3 Å². The van der Waals surface area contributed by atoms with Gasteiger partial charge in [-0.15, -0.1) is 0 Å². The largest absolute Gasteiger partial charge is 0.488 e. The molecule has 2 aliphatic rings. The zero-order chi connectivity index (χ0) is 29.9. The number of rotatable bonds is 9. The summed E-state index contributed by atoms with van der Waals surface area (Å²) in [5, 5.41) is 13.6. The van der Waals surface area contributed by atoms with Gasteiger partial charge in [0.25, 0.3) is 0 Å². The van der Waals surface area contributed by atoms with Gasteiger partial charge in [0.05, 0.1) is 25.1 Å². The van der Waals surface area contributed by atoms with Crippen LogP contribution in [0.5, 0.6) is 11.6 Å². The van der Waals surface area contributed by atoms with Crippen LogP contribution in [0.3, 0.4) is 0 Å². The Labute approximate surface area is 249 Å². The second-order valence-electron chi connectivity index (χ2n) is 11.1. The molecule has 10 heteroatoms. The second-order valence-corrected chi connectivity index (χ2v) is 11.1. The summed E-state index contributed by atoms with van der Waals surface area (Å²) < 4.78 is 34.3. The number of methoxy groups -OCH3 is 1. The van der Waals surface area contributed by atoms with E-state index >= 15 is 4.39 Å². The topological polar surface area (TPSA) is 98.9 Å². The minimum Gasteiger partial charge on any atom is -0.488 e. The van der Waals surface area contributed by atoms with Crippen molar-refractivity contribution in [1.29, 1.82) is 0 Å². The van der Waals surface area contributed by atoms with E-state index in [-0.39, 0.29) is 30.0 Å². The lowest BCUT2D eigenvalue weighted by atomic mass is 9.96. The van der Waals surface area contributed by atoms with Crippen molar-refractivity contribution in [1.82, 2.24) is 19.7 Å². The first kappa shape index (κ1) is 28.8. The van der Waals surface area contributed by atoms with Crippen LogP contribution in [-0.4, -0.2) is 63.7 Å². The number of aryl methyl sites for hydroxylation is 1. The molecular formula is C33H35FN4O5. The van der Waals surface area contributed by atoms with Crippen LogP contribution in [0.1, 0.15) is 51.9 Å². The molecule has 0 amide bonds. The van der Waals surface area contributed by atoms with Crippen LogP contribution in [0, 0.1) is 12.7 Å². The van der Waals surface area contributed by atoms with Gasteiger partial charge >= 0.3 is 5.97 Å². The summed E-state index contributed by atoms with van der Waals surface area (Å²) >= 11 is 0. The first-order valence-electron chi connectivity index (χ1n) is 14.6. The molecule has 6 rings (SSSR count). The molecular weight excluding hydrogens is 551 g/mol. The Bertz CT molecular complexity index is 1630. The Balaban J connectivity index is 1.21. The fraction of sp³-hybridized carbons (Fsp3) is 0.364. The van der Waals surface area contributed by atoms with Gasteiger partial charge in [-0.1, -0.05) is 24.3 Å². The van der Waals surface area contributed by atoms with E-state index in [0.717, 1.165) is 66.8 Å². The number of carbonyl (C=O) groups is 1. The first-order chi connectivity index (χ1) is 20.9. The third kappa shape index (κ3) is 6.11. The van der Waals surface area contributed by atoms with Gasteiger partial charge < -0.3 is 19.3 Å². The van der Waals surface area contributed by atoms with E-state index in [4.69, 9.17) is 19.2 Å². The van der Waals surface area contributed by atoms with Gasteiger partial charge in [0.1, 0.15) is 23.7 Å². The van der Waals surface area contributed by atoms with E-state index in [1.165, 1.54) is 24.4 Å². The Morgan fingerprint density at radius 3 is 2.84 bits per heavy atom. The van der Waals surface area contributed by atoms with Crippen LogP contribution in [0.2, 0.25) is 0 Å². The summed E-state index contributed by atoms with van der Waals surface area (Å²) in [5.74, 6) is -0.215. The van der Waals surface area contributed by atoms with Gasteiger partial charge in [0.2, 0.25) is 5.88 Å². The fourth-order valence-electron chi connectivity index (χ4n) is 5.95. The van der Waals surface area contributed by atoms with E-state index in [1.807, 2.05) is 37.3 Å². The highest BCUT2D eigenvalue weighted by molar-refractivity contribution is 5.90. The van der Waals surface area contributed by atoms with Crippen molar-refractivity contribution in [2.24, 2.45) is 0 Å². The number of halogens is 1. The lowest BCUT2D eigenvalue weighted by Gasteiger charge is -2.33. The molecule has 0 aliphatic carbocycles. The van der Waals surface area contributed by atoms with Gasteiger partial charge in [0.15, 0.2) is 5.82 Å². The number of pyridine rings is 1. The molecule has 1 N–H and O–H groups in total. The average molecular weight is 587 g/mol. The first-order valence-corrected chi connectivity index (χ1v) is 14.6. The van der Waals surface area contributed by atoms with Gasteiger partial charge in [-0.05, 0) is 73.6 Å². The Morgan fingerprint density at radius 1 is 1.19 bits per heavy atom. The number of aromatic carboxylic acids is 1. The molecule has 224 valence electrons. The summed E-state index contributed by atoms with van der Waals surface area (Å²) in [7, 11) is 1.39. The fourth-order valence-corrected chi connectivity index (χ4v) is 5.95. The van der Waals surface area contributed by atoms with Crippen molar-refractivity contribution in [2.75, 3.05) is 26.8 Å². The van der Waals surface area contributed by atoms with Crippen molar-refractivity contribution in [3.05, 3.63) is 88.4 Å². The van der Waals surface area contributed by atoms with E-state index in [1.54, 1.807) is 12.1 Å². The molecule has 0 saturated carbocycles. The van der Waals surface area contributed by atoms with E-state index in [0.29, 0.717) is 23.8 Å². The van der Waals surface area contributed by atoms with Crippen LogP contribution in [0.15, 0.2) is 54.7 Å². The number of hydrogen-bond acceptors (Lipinski definition) is 7. The molecule has 0 radical (unpaired) electrons. The second kappa shape index (κ2) is 12.5. The molecule has 0 spiro atoms. The van der Waals surface area contributed by atoms with Gasteiger partial charge in [0, 0.05) is 37.4 Å². The number of carboxylic acids is 1. The molecule has 43 heavy (non-hydrogen) atoms. The number of nitrogens with zero attached hydrogens (tertiary/aromatic N) is 4. The summed E-state index contributed by atoms with van der Waals surface area (Å²) in [6.07, 6.45) is 5.67. The Kier molecular flexibility index (Phi) is 8.40. The highest BCUT2D eigenvalue weighted by Crippen LogP contribution is 2.34. The summed E-state index contributed by atoms with van der Waals surface area (Å²) in [4.78, 5) is 18.6. The predicted octanol–water partition coefficient (Wildman–Crippen LogP) is 5.59. The van der Waals surface area contributed by atoms with Crippen molar-refractivity contribution in [2.45, 2.75) is 51.9 Å². The lowest BCUT2D eigenvalue weighted by molar-refractivity contribution is -0.00822. The van der Waals surface area contributed by atoms with Crippen LogP contribution in [0.4, 0.5) is 4.39 Å².